The third kappa shape index (κ3) is 8.51. The Labute approximate surface area is 229 Å². The minimum absolute atomic E-state index is 0.0249. The van der Waals surface area contributed by atoms with Crippen LogP contribution in [0.3, 0.4) is 0 Å². The van der Waals surface area contributed by atoms with Crippen LogP contribution in [0.4, 0.5) is 9.18 Å². The van der Waals surface area contributed by atoms with E-state index in [1.165, 1.54) is 37.4 Å². The van der Waals surface area contributed by atoms with Crippen molar-refractivity contribution in [2.24, 2.45) is 5.92 Å². The Morgan fingerprint density at radius 3 is 2.26 bits per heavy atom. The zero-order chi connectivity index (χ0) is 28.6. The number of nitrogens with one attached hydrogen (secondary N) is 1. The number of sulfonamides is 1. The summed E-state index contributed by atoms with van der Waals surface area (Å²) in [6.45, 7) is 3.49. The Hall–Kier alpha value is -3.47. The molecule has 0 aliphatic heterocycles. The van der Waals surface area contributed by atoms with Gasteiger partial charge in [0, 0.05) is 13.1 Å². The van der Waals surface area contributed by atoms with E-state index < -0.39 is 40.6 Å². The molecule has 0 aromatic heterocycles. The molecule has 2 atom stereocenters. The third-order valence-corrected chi connectivity index (χ3v) is 7.84. The molecule has 0 heterocycles. The molecule has 0 bridgehead atoms. The second-order valence-corrected chi connectivity index (χ2v) is 11.5. The zero-order valence-electron chi connectivity index (χ0n) is 22.2. The van der Waals surface area contributed by atoms with Gasteiger partial charge in [0.1, 0.15) is 11.6 Å². The molecule has 10 heteroatoms. The number of nitrogens with zero attached hydrogens (tertiary/aromatic N) is 1. The van der Waals surface area contributed by atoms with Crippen LogP contribution in [0.1, 0.15) is 30.5 Å². The largest absolute Gasteiger partial charge is 0.497 e. The Morgan fingerprint density at radius 2 is 1.67 bits per heavy atom. The van der Waals surface area contributed by atoms with E-state index in [0.29, 0.717) is 28.9 Å². The fraction of sp³-hybridized carbons (Fsp3) is 0.345. The van der Waals surface area contributed by atoms with E-state index >= 15 is 0 Å². The molecule has 0 radical (unpaired) electrons. The number of hydrogen-bond acceptors (Lipinski definition) is 5. The Balaban J connectivity index is 1.88. The first kappa shape index (κ1) is 30.1. The van der Waals surface area contributed by atoms with Gasteiger partial charge in [-0.25, -0.2) is 22.3 Å². The summed E-state index contributed by atoms with van der Waals surface area (Å²) in [5.41, 5.74) is 1.87. The van der Waals surface area contributed by atoms with Crippen LogP contribution in [0.2, 0.25) is 0 Å². The van der Waals surface area contributed by atoms with E-state index in [0.717, 1.165) is 4.90 Å². The molecule has 1 amide bonds. The molecule has 210 valence electrons. The van der Waals surface area contributed by atoms with Crippen LogP contribution in [0.15, 0.2) is 77.7 Å². The first-order valence-electron chi connectivity index (χ1n) is 12.6. The molecular weight excluding hydrogens is 523 g/mol. The molecule has 0 spiro atoms. The second kappa shape index (κ2) is 13.5. The average molecular weight is 559 g/mol. The SMILES string of the molecule is COc1ccc(S(=O)(=O)NC[C@@H](O)[C@H](Cc2ccc(F)cc2)N(Cc2ccccc2)C(=O)O)c(CC(C)C)c1. The molecule has 0 fully saturated rings. The summed E-state index contributed by atoms with van der Waals surface area (Å²) in [6, 6.07) is 18.1. The van der Waals surface area contributed by atoms with Crippen molar-refractivity contribution in [3.63, 3.8) is 0 Å². The van der Waals surface area contributed by atoms with Crippen molar-refractivity contribution in [2.45, 2.75) is 50.3 Å². The fourth-order valence-corrected chi connectivity index (χ4v) is 5.66. The van der Waals surface area contributed by atoms with Crippen molar-refractivity contribution in [2.75, 3.05) is 13.7 Å². The number of ether oxygens (including phenoxy) is 1. The second-order valence-electron chi connectivity index (χ2n) is 9.78. The third-order valence-electron chi connectivity index (χ3n) is 6.31. The van der Waals surface area contributed by atoms with Gasteiger partial charge in [0.15, 0.2) is 0 Å². The predicted octanol–water partition coefficient (Wildman–Crippen LogP) is 4.46. The van der Waals surface area contributed by atoms with Gasteiger partial charge in [-0.1, -0.05) is 56.3 Å². The zero-order valence-corrected chi connectivity index (χ0v) is 23.1. The minimum atomic E-state index is -4.05. The Morgan fingerprint density at radius 1 is 1.00 bits per heavy atom. The molecule has 3 aromatic rings. The summed E-state index contributed by atoms with van der Waals surface area (Å²) in [6.07, 6.45) is -2.14. The predicted molar refractivity (Wildman–Crippen MR) is 147 cm³/mol. The summed E-state index contributed by atoms with van der Waals surface area (Å²) in [5.74, 6) is 0.264. The van der Waals surface area contributed by atoms with Crippen LogP contribution in [0.5, 0.6) is 5.75 Å². The van der Waals surface area contributed by atoms with E-state index in [4.69, 9.17) is 4.74 Å². The lowest BCUT2D eigenvalue weighted by Gasteiger charge is -2.33. The number of rotatable bonds is 13. The van der Waals surface area contributed by atoms with E-state index in [-0.39, 0.29) is 23.8 Å². The van der Waals surface area contributed by atoms with Gasteiger partial charge in [-0.15, -0.1) is 0 Å². The van der Waals surface area contributed by atoms with Gasteiger partial charge in [-0.3, -0.25) is 4.90 Å². The van der Waals surface area contributed by atoms with Crippen molar-refractivity contribution in [3.05, 3.63) is 95.3 Å². The van der Waals surface area contributed by atoms with Gasteiger partial charge in [0.25, 0.3) is 0 Å². The molecule has 0 saturated heterocycles. The normalized spacial score (nSPS) is 13.2. The van der Waals surface area contributed by atoms with E-state index in [1.54, 1.807) is 42.5 Å². The highest BCUT2D eigenvalue weighted by molar-refractivity contribution is 7.89. The average Bonchev–Trinajstić information content (AvgIpc) is 2.90. The first-order chi connectivity index (χ1) is 18.5. The number of benzene rings is 3. The quantitative estimate of drug-likeness (QED) is 0.285. The molecular formula is C29H35FN2O6S. The van der Waals surface area contributed by atoms with Crippen LogP contribution in [0, 0.1) is 11.7 Å². The maximum atomic E-state index is 13.5. The van der Waals surface area contributed by atoms with Gasteiger partial charge < -0.3 is 14.9 Å². The van der Waals surface area contributed by atoms with Gasteiger partial charge in [-0.05, 0) is 65.8 Å². The van der Waals surface area contributed by atoms with E-state index in [9.17, 15) is 27.8 Å². The van der Waals surface area contributed by atoms with Crippen LogP contribution < -0.4 is 9.46 Å². The number of carboxylic acid groups (broad SMARTS) is 1. The fourth-order valence-electron chi connectivity index (χ4n) is 4.38. The molecule has 3 N–H and O–H groups in total. The number of carbonyl (C=O) groups is 1. The van der Waals surface area contributed by atoms with Crippen molar-refractivity contribution >= 4 is 16.1 Å². The number of amides is 1. The van der Waals surface area contributed by atoms with Gasteiger partial charge in [0.2, 0.25) is 10.0 Å². The summed E-state index contributed by atoms with van der Waals surface area (Å²) < 4.78 is 47.8. The lowest BCUT2D eigenvalue weighted by Crippen LogP contribution is -2.51. The smallest absolute Gasteiger partial charge is 0.407 e. The molecule has 0 aliphatic rings. The number of aliphatic hydroxyl groups is 1. The molecule has 0 unspecified atom stereocenters. The highest BCUT2D eigenvalue weighted by Gasteiger charge is 2.32. The number of hydrogen-bond donors (Lipinski definition) is 3. The van der Waals surface area contributed by atoms with Crippen LogP contribution >= 0.6 is 0 Å². The van der Waals surface area contributed by atoms with Crippen molar-refractivity contribution in [1.82, 2.24) is 9.62 Å². The van der Waals surface area contributed by atoms with Crippen LogP contribution in [-0.4, -0.2) is 55.4 Å². The number of aliphatic hydroxyl groups excluding tert-OH is 1. The van der Waals surface area contributed by atoms with Crippen molar-refractivity contribution < 1.29 is 32.6 Å². The maximum absolute atomic E-state index is 13.5. The molecule has 39 heavy (non-hydrogen) atoms. The highest BCUT2D eigenvalue weighted by Crippen LogP contribution is 2.25. The summed E-state index contributed by atoms with van der Waals surface area (Å²) >= 11 is 0. The standard InChI is InChI=1S/C29H35FN2O6S/c1-20(2)15-23-17-25(38-3)13-14-28(23)39(36,37)31-18-27(33)26(16-21-9-11-24(30)12-10-21)32(29(34)35)19-22-7-5-4-6-8-22/h4-14,17,20,26-27,31,33H,15-16,18-19H2,1-3H3,(H,34,35)/t26-,27+/m0/s1. The van der Waals surface area contributed by atoms with Gasteiger partial charge in [0.05, 0.1) is 24.2 Å². The molecule has 0 saturated carbocycles. The topological polar surface area (TPSA) is 116 Å². The monoisotopic (exact) mass is 558 g/mol. The lowest BCUT2D eigenvalue weighted by molar-refractivity contribution is 0.0468. The van der Waals surface area contributed by atoms with Crippen LogP contribution in [0.25, 0.3) is 0 Å². The van der Waals surface area contributed by atoms with Crippen molar-refractivity contribution in [3.8, 4) is 5.75 Å². The highest BCUT2D eigenvalue weighted by atomic mass is 32.2. The molecule has 3 rings (SSSR count). The van der Waals surface area contributed by atoms with Gasteiger partial charge >= 0.3 is 6.09 Å². The molecule has 8 nitrogen and oxygen atoms in total. The lowest BCUT2D eigenvalue weighted by atomic mass is 9.99. The summed E-state index contributed by atoms with van der Waals surface area (Å²) in [7, 11) is -2.55. The minimum Gasteiger partial charge on any atom is -0.497 e. The molecule has 3 aromatic carbocycles. The number of halogens is 1. The van der Waals surface area contributed by atoms with Gasteiger partial charge in [-0.2, -0.15) is 0 Å². The maximum Gasteiger partial charge on any atom is 0.407 e. The Bertz CT molecular complexity index is 1330. The summed E-state index contributed by atoms with van der Waals surface area (Å²) in [5, 5.41) is 21.3. The van der Waals surface area contributed by atoms with Crippen molar-refractivity contribution in [1.29, 1.82) is 0 Å². The van der Waals surface area contributed by atoms with E-state index in [2.05, 4.69) is 4.72 Å². The Kier molecular flexibility index (Phi) is 10.4. The number of methoxy groups -OCH3 is 1. The van der Waals surface area contributed by atoms with Crippen LogP contribution in [-0.2, 0) is 29.4 Å². The summed E-state index contributed by atoms with van der Waals surface area (Å²) in [4.78, 5) is 13.5. The van der Waals surface area contributed by atoms with E-state index in [1.807, 2.05) is 13.8 Å². The first-order valence-corrected chi connectivity index (χ1v) is 14.1. The molecule has 0 aliphatic carbocycles.